The maximum atomic E-state index is 13.5. The third kappa shape index (κ3) is 5.21. The molecule has 3 aromatic carbocycles. The summed E-state index contributed by atoms with van der Waals surface area (Å²) < 4.78 is 25.8. The van der Waals surface area contributed by atoms with E-state index in [1.165, 1.54) is 17.1 Å². The second kappa shape index (κ2) is 10.4. The topological polar surface area (TPSA) is 80.8 Å². The minimum atomic E-state index is -0.354. The minimum Gasteiger partial charge on any atom is -0.484 e. The van der Waals surface area contributed by atoms with Crippen LogP contribution in [0.25, 0.3) is 11.5 Å². The SMILES string of the molecule is CCc1nnc(-c2ccc(OCC(=O)N3N=C(c4ccc(Br)cc4)CC3c3ccc(F)cc3)cc2)o1. The number of aryl methyl sites for hydroxylation is 1. The molecule has 0 saturated carbocycles. The Morgan fingerprint density at radius 3 is 2.39 bits per heavy atom. The number of halogens is 2. The van der Waals surface area contributed by atoms with Crippen LogP contribution in [0.2, 0.25) is 0 Å². The van der Waals surface area contributed by atoms with Crippen molar-refractivity contribution >= 4 is 27.5 Å². The molecule has 1 amide bonds. The number of amides is 1. The Kier molecular flexibility index (Phi) is 6.90. The van der Waals surface area contributed by atoms with Gasteiger partial charge in [0.2, 0.25) is 11.8 Å². The molecule has 0 spiro atoms. The zero-order valence-corrected chi connectivity index (χ0v) is 21.0. The van der Waals surface area contributed by atoms with Crippen molar-refractivity contribution in [2.75, 3.05) is 6.61 Å². The number of hydrazone groups is 1. The highest BCUT2D eigenvalue weighted by Crippen LogP contribution is 2.33. The fourth-order valence-electron chi connectivity index (χ4n) is 3.92. The molecule has 7 nitrogen and oxygen atoms in total. The molecule has 5 rings (SSSR count). The van der Waals surface area contributed by atoms with Crippen molar-refractivity contribution in [3.8, 4) is 17.2 Å². The molecule has 0 radical (unpaired) electrons. The number of hydrogen-bond acceptors (Lipinski definition) is 6. The molecule has 0 bridgehead atoms. The molecule has 1 unspecified atom stereocenters. The predicted molar refractivity (Wildman–Crippen MR) is 136 cm³/mol. The summed E-state index contributed by atoms with van der Waals surface area (Å²) in [6.45, 7) is 1.74. The number of hydrogen-bond donors (Lipinski definition) is 0. The second-order valence-corrected chi connectivity index (χ2v) is 9.15. The first kappa shape index (κ1) is 23.9. The van der Waals surface area contributed by atoms with Gasteiger partial charge in [0.1, 0.15) is 11.6 Å². The van der Waals surface area contributed by atoms with Crippen LogP contribution in [0, 0.1) is 5.82 Å². The lowest BCUT2D eigenvalue weighted by atomic mass is 9.98. The van der Waals surface area contributed by atoms with Crippen LogP contribution in [0.3, 0.4) is 0 Å². The number of carbonyl (C=O) groups is 1. The summed E-state index contributed by atoms with van der Waals surface area (Å²) in [5.41, 5.74) is 3.27. The van der Waals surface area contributed by atoms with Crippen molar-refractivity contribution in [2.24, 2.45) is 5.10 Å². The van der Waals surface area contributed by atoms with Gasteiger partial charge in [0.25, 0.3) is 5.91 Å². The minimum absolute atomic E-state index is 0.200. The van der Waals surface area contributed by atoms with E-state index in [1.807, 2.05) is 31.2 Å². The van der Waals surface area contributed by atoms with E-state index in [4.69, 9.17) is 9.15 Å². The van der Waals surface area contributed by atoms with E-state index in [-0.39, 0.29) is 24.4 Å². The van der Waals surface area contributed by atoms with Crippen molar-refractivity contribution in [1.82, 2.24) is 15.2 Å². The van der Waals surface area contributed by atoms with Gasteiger partial charge < -0.3 is 9.15 Å². The summed E-state index contributed by atoms with van der Waals surface area (Å²) in [6, 6.07) is 20.6. The van der Waals surface area contributed by atoms with Gasteiger partial charge in [0.15, 0.2) is 6.61 Å². The van der Waals surface area contributed by atoms with Crippen molar-refractivity contribution in [2.45, 2.75) is 25.8 Å². The highest BCUT2D eigenvalue weighted by atomic mass is 79.9. The number of carbonyl (C=O) groups excluding carboxylic acids is 1. The molecule has 0 aliphatic carbocycles. The van der Waals surface area contributed by atoms with Crippen molar-refractivity contribution in [1.29, 1.82) is 0 Å². The Morgan fingerprint density at radius 1 is 1.03 bits per heavy atom. The van der Waals surface area contributed by atoms with Gasteiger partial charge in [-0.15, -0.1) is 10.2 Å². The smallest absolute Gasteiger partial charge is 0.281 e. The van der Waals surface area contributed by atoms with E-state index < -0.39 is 0 Å². The quantitative estimate of drug-likeness (QED) is 0.284. The molecule has 2 heterocycles. The van der Waals surface area contributed by atoms with Gasteiger partial charge >= 0.3 is 0 Å². The Labute approximate surface area is 215 Å². The Hall–Kier alpha value is -3.85. The van der Waals surface area contributed by atoms with Gasteiger partial charge in [0, 0.05) is 22.9 Å². The Balaban J connectivity index is 1.31. The molecule has 1 aliphatic heterocycles. The van der Waals surface area contributed by atoms with Crippen LogP contribution in [0.5, 0.6) is 5.75 Å². The Bertz CT molecular complexity index is 1390. The van der Waals surface area contributed by atoms with Gasteiger partial charge in [-0.1, -0.05) is 47.1 Å². The van der Waals surface area contributed by atoms with Crippen LogP contribution in [0.1, 0.15) is 36.4 Å². The Morgan fingerprint density at radius 2 is 1.72 bits per heavy atom. The fraction of sp³-hybridized carbons (Fsp3) is 0.185. The van der Waals surface area contributed by atoms with E-state index in [0.717, 1.165) is 26.9 Å². The number of ether oxygens (including phenoxy) is 1. The summed E-state index contributed by atoms with van der Waals surface area (Å²) in [5, 5.41) is 14.1. The van der Waals surface area contributed by atoms with Gasteiger partial charge in [-0.2, -0.15) is 5.10 Å². The lowest BCUT2D eigenvalue weighted by Gasteiger charge is -2.22. The molecule has 1 aromatic heterocycles. The van der Waals surface area contributed by atoms with E-state index in [1.54, 1.807) is 36.4 Å². The fourth-order valence-corrected chi connectivity index (χ4v) is 4.18. The van der Waals surface area contributed by atoms with Crippen molar-refractivity contribution in [3.05, 3.63) is 100 Å². The number of aromatic nitrogens is 2. The van der Waals surface area contributed by atoms with Gasteiger partial charge in [-0.3, -0.25) is 4.79 Å². The van der Waals surface area contributed by atoms with Crippen molar-refractivity contribution < 1.29 is 18.3 Å². The first-order chi connectivity index (χ1) is 17.5. The predicted octanol–water partition coefficient (Wildman–Crippen LogP) is 5.96. The molecule has 4 aromatic rings. The van der Waals surface area contributed by atoms with Crippen LogP contribution < -0.4 is 4.74 Å². The zero-order chi connectivity index (χ0) is 25.1. The van der Waals surface area contributed by atoms with Crippen LogP contribution in [0.4, 0.5) is 4.39 Å². The summed E-state index contributed by atoms with van der Waals surface area (Å²) in [4.78, 5) is 13.2. The van der Waals surface area contributed by atoms with Crippen LogP contribution in [0.15, 0.2) is 86.8 Å². The highest BCUT2D eigenvalue weighted by Gasteiger charge is 2.33. The van der Waals surface area contributed by atoms with Gasteiger partial charge in [0.05, 0.1) is 11.8 Å². The molecular weight excluding hydrogens is 527 g/mol. The largest absolute Gasteiger partial charge is 0.484 e. The molecule has 0 N–H and O–H groups in total. The molecule has 1 atom stereocenters. The molecule has 0 saturated heterocycles. The normalized spacial score (nSPS) is 15.1. The average molecular weight is 549 g/mol. The van der Waals surface area contributed by atoms with E-state index in [9.17, 15) is 9.18 Å². The second-order valence-electron chi connectivity index (χ2n) is 8.23. The standard InChI is InChI=1S/C27H22BrFN4O3/c1-2-25-30-31-27(36-25)19-7-13-22(14-8-19)35-16-26(34)33-24(18-5-11-21(29)12-6-18)15-23(32-33)17-3-9-20(28)10-4-17/h3-14,24H,2,15-16H2,1H3. The van der Waals surface area contributed by atoms with Gasteiger partial charge in [-0.05, 0) is 59.7 Å². The molecule has 182 valence electrons. The first-order valence-electron chi connectivity index (χ1n) is 11.5. The van der Waals surface area contributed by atoms with E-state index in [0.29, 0.717) is 30.4 Å². The molecule has 9 heteroatoms. The highest BCUT2D eigenvalue weighted by molar-refractivity contribution is 9.10. The number of benzene rings is 3. The van der Waals surface area contributed by atoms with Crippen LogP contribution in [-0.4, -0.2) is 33.4 Å². The lowest BCUT2D eigenvalue weighted by molar-refractivity contribution is -0.135. The summed E-state index contributed by atoms with van der Waals surface area (Å²) in [6.07, 6.45) is 1.18. The molecule has 1 aliphatic rings. The van der Waals surface area contributed by atoms with E-state index >= 15 is 0 Å². The average Bonchev–Trinajstić information content (AvgIpc) is 3.57. The first-order valence-corrected chi connectivity index (χ1v) is 12.3. The maximum Gasteiger partial charge on any atom is 0.281 e. The molecular formula is C27H22BrFN4O3. The molecule has 0 fully saturated rings. The van der Waals surface area contributed by atoms with E-state index in [2.05, 4.69) is 31.2 Å². The molecule has 36 heavy (non-hydrogen) atoms. The number of nitrogens with zero attached hydrogens (tertiary/aromatic N) is 4. The van der Waals surface area contributed by atoms with Crippen LogP contribution >= 0.6 is 15.9 Å². The van der Waals surface area contributed by atoms with Gasteiger partial charge in [-0.25, -0.2) is 9.40 Å². The third-order valence-electron chi connectivity index (χ3n) is 5.83. The number of rotatable bonds is 7. The maximum absolute atomic E-state index is 13.5. The summed E-state index contributed by atoms with van der Waals surface area (Å²) in [5.74, 6) is 0.896. The summed E-state index contributed by atoms with van der Waals surface area (Å²) >= 11 is 3.44. The zero-order valence-electron chi connectivity index (χ0n) is 19.4. The third-order valence-corrected chi connectivity index (χ3v) is 6.36. The van der Waals surface area contributed by atoms with Crippen LogP contribution in [-0.2, 0) is 11.2 Å². The lowest BCUT2D eigenvalue weighted by Crippen LogP contribution is -2.31. The monoisotopic (exact) mass is 548 g/mol. The van der Waals surface area contributed by atoms with Crippen molar-refractivity contribution in [3.63, 3.8) is 0 Å². The summed E-state index contributed by atoms with van der Waals surface area (Å²) in [7, 11) is 0.